The first kappa shape index (κ1) is 17.5. The van der Waals surface area contributed by atoms with E-state index in [9.17, 15) is 4.79 Å². The molecule has 2 N–H and O–H groups in total. The zero-order valence-electron chi connectivity index (χ0n) is 12.8. The Kier molecular flexibility index (Phi) is 7.10. The number of para-hydroxylation sites is 1. The van der Waals surface area contributed by atoms with Gasteiger partial charge in [0.2, 0.25) is 0 Å². The normalized spacial score (nSPS) is 10.2. The van der Waals surface area contributed by atoms with E-state index in [-0.39, 0.29) is 6.03 Å². The third-order valence-electron chi connectivity index (χ3n) is 3.03. The lowest BCUT2D eigenvalue weighted by Gasteiger charge is -2.09. The number of aryl methyl sites for hydroxylation is 1. The van der Waals surface area contributed by atoms with Crippen molar-refractivity contribution in [2.45, 2.75) is 18.2 Å². The number of amides is 2. The number of benzene rings is 2. The Morgan fingerprint density at radius 2 is 1.91 bits per heavy atom. The van der Waals surface area contributed by atoms with Gasteiger partial charge in [0, 0.05) is 23.0 Å². The van der Waals surface area contributed by atoms with Crippen molar-refractivity contribution in [2.24, 2.45) is 0 Å². The molecule has 4 nitrogen and oxygen atoms in total. The lowest BCUT2D eigenvalue weighted by atomic mass is 10.2. The fraction of sp³-hybridized carbons (Fsp3) is 0.235. The molecule has 0 unspecified atom stereocenters. The Balaban J connectivity index is 1.82. The number of halogens is 1. The van der Waals surface area contributed by atoms with E-state index in [1.165, 1.54) is 12.0 Å². The molecule has 0 bridgehead atoms. The van der Waals surface area contributed by atoms with Crippen molar-refractivity contribution < 1.29 is 8.98 Å². The third kappa shape index (κ3) is 6.04. The average molecular weight is 351 g/mol. The smallest absolute Gasteiger partial charge is 0.319 e. The fourth-order valence-electron chi connectivity index (χ4n) is 1.78. The molecule has 122 valence electrons. The molecule has 0 spiro atoms. The molecule has 0 aromatic heterocycles. The van der Waals surface area contributed by atoms with Gasteiger partial charge in [0.05, 0.1) is 12.0 Å². The maximum absolute atomic E-state index is 11.6. The van der Waals surface area contributed by atoms with Gasteiger partial charge in [-0.15, -0.1) is 11.6 Å². The second kappa shape index (κ2) is 9.33. The molecule has 0 aliphatic carbocycles. The monoisotopic (exact) mass is 350 g/mol. The number of hydrogen-bond donors (Lipinski definition) is 2. The molecular formula is C17H19ClN2O2S. The van der Waals surface area contributed by atoms with Crippen molar-refractivity contribution in [3.05, 3.63) is 54.1 Å². The highest BCUT2D eigenvalue weighted by Gasteiger charge is 2.03. The predicted molar refractivity (Wildman–Crippen MR) is 96.5 cm³/mol. The summed E-state index contributed by atoms with van der Waals surface area (Å²) >= 11 is 6.85. The molecule has 0 saturated heterocycles. The van der Waals surface area contributed by atoms with Crippen LogP contribution in [-0.2, 0) is 0 Å². The van der Waals surface area contributed by atoms with Gasteiger partial charge in [-0.3, -0.25) is 0 Å². The van der Waals surface area contributed by atoms with Crippen molar-refractivity contribution in [1.29, 1.82) is 0 Å². The zero-order valence-corrected chi connectivity index (χ0v) is 14.4. The highest BCUT2D eigenvalue weighted by Crippen LogP contribution is 2.26. The quantitative estimate of drug-likeness (QED) is 0.427. The van der Waals surface area contributed by atoms with Crippen LogP contribution in [0.3, 0.4) is 0 Å². The Hall–Kier alpha value is -1.85. The van der Waals surface area contributed by atoms with Crippen LogP contribution in [0.4, 0.5) is 10.5 Å². The topological polar surface area (TPSA) is 50.4 Å². The predicted octanol–water partition coefficient (Wildman–Crippen LogP) is 4.83. The van der Waals surface area contributed by atoms with Gasteiger partial charge in [0.1, 0.15) is 5.75 Å². The second-order valence-electron chi connectivity index (χ2n) is 4.88. The van der Waals surface area contributed by atoms with E-state index < -0.39 is 0 Å². The van der Waals surface area contributed by atoms with Crippen LogP contribution in [0.2, 0.25) is 0 Å². The molecule has 0 radical (unpaired) electrons. The maximum Gasteiger partial charge on any atom is 0.319 e. The second-order valence-corrected chi connectivity index (χ2v) is 6.06. The van der Waals surface area contributed by atoms with Gasteiger partial charge in [-0.05, 0) is 49.2 Å². The minimum Gasteiger partial charge on any atom is -0.420 e. The van der Waals surface area contributed by atoms with E-state index in [1.807, 2.05) is 55.5 Å². The molecule has 23 heavy (non-hydrogen) atoms. The lowest BCUT2D eigenvalue weighted by Crippen LogP contribution is -2.29. The van der Waals surface area contributed by atoms with Gasteiger partial charge in [0.25, 0.3) is 0 Å². The van der Waals surface area contributed by atoms with Crippen molar-refractivity contribution in [1.82, 2.24) is 5.32 Å². The summed E-state index contributed by atoms with van der Waals surface area (Å²) in [6.07, 6.45) is 0.751. The third-order valence-corrected chi connectivity index (χ3v) is 4.02. The molecular weight excluding hydrogens is 332 g/mol. The summed E-state index contributed by atoms with van der Waals surface area (Å²) in [4.78, 5) is 12.6. The summed E-state index contributed by atoms with van der Waals surface area (Å²) in [5, 5.41) is 5.50. The van der Waals surface area contributed by atoms with Gasteiger partial charge in [-0.1, -0.05) is 18.2 Å². The van der Waals surface area contributed by atoms with E-state index in [4.69, 9.17) is 15.8 Å². The van der Waals surface area contributed by atoms with Gasteiger partial charge >= 0.3 is 6.03 Å². The Morgan fingerprint density at radius 1 is 1.17 bits per heavy atom. The highest BCUT2D eigenvalue weighted by molar-refractivity contribution is 7.95. The number of alkyl halides is 1. The van der Waals surface area contributed by atoms with Gasteiger partial charge < -0.3 is 14.8 Å². The van der Waals surface area contributed by atoms with Crippen LogP contribution in [0.15, 0.2) is 53.4 Å². The number of carbonyl (C=O) groups is 1. The molecule has 0 aliphatic rings. The molecule has 2 aromatic carbocycles. The minimum atomic E-state index is -0.230. The van der Waals surface area contributed by atoms with Crippen LogP contribution in [0.5, 0.6) is 5.75 Å². The molecule has 0 heterocycles. The van der Waals surface area contributed by atoms with Crippen molar-refractivity contribution in [2.75, 3.05) is 17.7 Å². The molecule has 2 aromatic rings. The van der Waals surface area contributed by atoms with E-state index >= 15 is 0 Å². The number of anilines is 1. The van der Waals surface area contributed by atoms with Crippen molar-refractivity contribution >= 4 is 35.4 Å². The largest absolute Gasteiger partial charge is 0.420 e. The van der Waals surface area contributed by atoms with Crippen LogP contribution in [0.25, 0.3) is 0 Å². The summed E-state index contributed by atoms with van der Waals surface area (Å²) < 4.78 is 5.71. The first-order valence-corrected chi connectivity index (χ1v) is 8.57. The van der Waals surface area contributed by atoms with E-state index in [2.05, 4.69) is 10.6 Å². The van der Waals surface area contributed by atoms with E-state index in [0.717, 1.165) is 28.3 Å². The number of urea groups is 1. The van der Waals surface area contributed by atoms with Gasteiger partial charge in [0.15, 0.2) is 0 Å². The molecule has 6 heteroatoms. The van der Waals surface area contributed by atoms with Crippen LogP contribution < -0.4 is 14.8 Å². The molecule has 0 atom stereocenters. The summed E-state index contributed by atoms with van der Waals surface area (Å²) in [5.41, 5.74) is 1.82. The first-order valence-electron chi connectivity index (χ1n) is 7.30. The van der Waals surface area contributed by atoms with Crippen LogP contribution in [0, 0.1) is 6.92 Å². The Bertz CT molecular complexity index is 635. The van der Waals surface area contributed by atoms with E-state index in [0.29, 0.717) is 12.4 Å². The number of nitrogens with one attached hydrogen (secondary N) is 2. The maximum atomic E-state index is 11.6. The number of hydrogen-bond acceptors (Lipinski definition) is 3. The van der Waals surface area contributed by atoms with Crippen LogP contribution in [-0.4, -0.2) is 18.5 Å². The minimum absolute atomic E-state index is 0.230. The van der Waals surface area contributed by atoms with Gasteiger partial charge in [-0.25, -0.2) is 4.79 Å². The number of rotatable bonds is 7. The zero-order chi connectivity index (χ0) is 16.5. The molecule has 0 fully saturated rings. The molecule has 2 rings (SSSR count). The molecule has 2 amide bonds. The Morgan fingerprint density at radius 3 is 2.61 bits per heavy atom. The SMILES string of the molecule is Cc1ccccc1OSc1ccc(NC(=O)NCCCCl)cc1. The Labute approximate surface area is 145 Å². The van der Waals surface area contributed by atoms with Gasteiger partial charge in [-0.2, -0.15) is 0 Å². The van der Waals surface area contributed by atoms with Crippen molar-refractivity contribution in [3.8, 4) is 5.75 Å². The summed E-state index contributed by atoms with van der Waals surface area (Å²) in [6, 6.07) is 15.1. The summed E-state index contributed by atoms with van der Waals surface area (Å²) in [5.74, 6) is 1.38. The van der Waals surface area contributed by atoms with E-state index in [1.54, 1.807) is 0 Å². The van der Waals surface area contributed by atoms with Crippen LogP contribution >= 0.6 is 23.6 Å². The molecule has 0 aliphatic heterocycles. The number of carbonyl (C=O) groups excluding carboxylic acids is 1. The van der Waals surface area contributed by atoms with Crippen LogP contribution in [0.1, 0.15) is 12.0 Å². The molecule has 0 saturated carbocycles. The first-order chi connectivity index (χ1) is 11.2. The lowest BCUT2D eigenvalue weighted by molar-refractivity contribution is 0.252. The summed E-state index contributed by atoms with van der Waals surface area (Å²) in [7, 11) is 0. The van der Waals surface area contributed by atoms with Crippen molar-refractivity contribution in [3.63, 3.8) is 0 Å². The fourth-order valence-corrected chi connectivity index (χ4v) is 2.53. The summed E-state index contributed by atoms with van der Waals surface area (Å²) in [6.45, 7) is 2.57. The highest BCUT2D eigenvalue weighted by atomic mass is 35.5. The average Bonchev–Trinajstić information content (AvgIpc) is 2.56. The standard InChI is InChI=1S/C17H19ClN2O2S/c1-13-5-2-3-6-16(13)22-23-15-9-7-14(8-10-15)20-17(21)19-12-4-11-18/h2-3,5-10H,4,11-12H2,1H3,(H2,19,20,21).